The number of aryl methyl sites for hydroxylation is 1. The molecule has 1 aromatic carbocycles. The molecule has 2 heterocycles. The Bertz CT molecular complexity index is 728. The summed E-state index contributed by atoms with van der Waals surface area (Å²) in [5.41, 5.74) is 4.06. The second kappa shape index (κ2) is 9.34. The van der Waals surface area contributed by atoms with Crippen LogP contribution in [0.1, 0.15) is 43.2 Å². The fourth-order valence-electron chi connectivity index (χ4n) is 5.43. The van der Waals surface area contributed by atoms with Gasteiger partial charge in [0.1, 0.15) is 0 Å². The average molecular weight is 397 g/mol. The predicted octanol–water partition coefficient (Wildman–Crippen LogP) is 2.60. The summed E-state index contributed by atoms with van der Waals surface area (Å²) in [6, 6.07) is 6.55. The molecule has 0 spiro atoms. The summed E-state index contributed by atoms with van der Waals surface area (Å²) >= 11 is 0. The van der Waals surface area contributed by atoms with Crippen molar-refractivity contribution in [2.45, 2.75) is 46.0 Å². The van der Waals surface area contributed by atoms with Crippen molar-refractivity contribution in [1.82, 2.24) is 4.90 Å². The Morgan fingerprint density at radius 3 is 2.48 bits per heavy atom. The molecule has 2 aliphatic heterocycles. The number of hydrogen-bond donors (Lipinski definition) is 1. The molecule has 1 aromatic rings. The van der Waals surface area contributed by atoms with Crippen molar-refractivity contribution in [2.24, 2.45) is 11.8 Å². The number of nitrogens with one attached hydrogen (secondary N) is 1. The summed E-state index contributed by atoms with van der Waals surface area (Å²) < 4.78 is 0. The van der Waals surface area contributed by atoms with Gasteiger partial charge in [-0.25, -0.2) is 0 Å². The summed E-state index contributed by atoms with van der Waals surface area (Å²) in [5.74, 6) is 1.54. The summed E-state index contributed by atoms with van der Waals surface area (Å²) in [6.07, 6.45) is 10.7. The van der Waals surface area contributed by atoms with Crippen molar-refractivity contribution < 1.29 is 9.69 Å². The van der Waals surface area contributed by atoms with Gasteiger partial charge in [-0.1, -0.05) is 24.3 Å². The van der Waals surface area contributed by atoms with Crippen molar-refractivity contribution in [1.29, 1.82) is 0 Å². The first kappa shape index (κ1) is 20.5. The molecule has 158 valence electrons. The van der Waals surface area contributed by atoms with Crippen LogP contribution < -0.4 is 9.80 Å². The third-order valence-electron chi connectivity index (χ3n) is 7.51. The van der Waals surface area contributed by atoms with E-state index < -0.39 is 0 Å². The number of rotatable bonds is 4. The summed E-state index contributed by atoms with van der Waals surface area (Å²) in [7, 11) is 0. The lowest BCUT2D eigenvalue weighted by molar-refractivity contribution is -0.909. The minimum atomic E-state index is 0.261. The van der Waals surface area contributed by atoms with Crippen LogP contribution in [0.3, 0.4) is 0 Å². The zero-order valence-corrected chi connectivity index (χ0v) is 18.3. The number of nitrogens with zero attached hydrogens (tertiary/aromatic N) is 2. The Morgan fingerprint density at radius 1 is 1.03 bits per heavy atom. The minimum Gasteiger partial charge on any atom is -0.368 e. The van der Waals surface area contributed by atoms with Gasteiger partial charge in [-0.3, -0.25) is 4.79 Å². The van der Waals surface area contributed by atoms with Crippen LogP contribution in [0.25, 0.3) is 0 Å². The number of likely N-dealkylation sites (tertiary alicyclic amines) is 1. The number of piperazine rings is 1. The lowest BCUT2D eigenvalue weighted by Gasteiger charge is -2.39. The maximum Gasteiger partial charge on any atom is 0.226 e. The van der Waals surface area contributed by atoms with E-state index in [9.17, 15) is 4.79 Å². The van der Waals surface area contributed by atoms with Gasteiger partial charge in [0.25, 0.3) is 0 Å². The second-order valence-electron chi connectivity index (χ2n) is 9.41. The molecule has 29 heavy (non-hydrogen) atoms. The topological polar surface area (TPSA) is 28.0 Å². The number of piperidine rings is 1. The lowest BCUT2D eigenvalue weighted by Crippen LogP contribution is -3.13. The zero-order valence-electron chi connectivity index (χ0n) is 18.3. The van der Waals surface area contributed by atoms with Crippen LogP contribution >= 0.6 is 0 Å². The van der Waals surface area contributed by atoms with Crippen LogP contribution in [0.4, 0.5) is 5.69 Å². The Labute approximate surface area is 176 Å². The highest BCUT2D eigenvalue weighted by atomic mass is 16.2. The van der Waals surface area contributed by atoms with Gasteiger partial charge >= 0.3 is 0 Å². The molecule has 0 radical (unpaired) electrons. The fourth-order valence-corrected chi connectivity index (χ4v) is 5.43. The molecule has 2 fully saturated rings. The SMILES string of the molecule is Cc1cccc(N2CCN(C(=O)C3CC[NH+](C[C@H]4CC=CCC4)CC3)CC2)c1C. The Morgan fingerprint density at radius 2 is 1.79 bits per heavy atom. The molecule has 4 nitrogen and oxygen atoms in total. The molecule has 1 atom stereocenters. The van der Waals surface area contributed by atoms with Crippen LogP contribution in [-0.2, 0) is 4.79 Å². The van der Waals surface area contributed by atoms with Crippen molar-refractivity contribution in [3.8, 4) is 0 Å². The molecule has 0 unspecified atom stereocenters. The van der Waals surface area contributed by atoms with Crippen LogP contribution in [0, 0.1) is 25.7 Å². The molecular weight excluding hydrogens is 358 g/mol. The number of carbonyl (C=O) groups is 1. The molecule has 1 aliphatic carbocycles. The van der Waals surface area contributed by atoms with Crippen LogP contribution in [0.15, 0.2) is 30.4 Å². The smallest absolute Gasteiger partial charge is 0.226 e. The number of hydrogen-bond acceptors (Lipinski definition) is 2. The second-order valence-corrected chi connectivity index (χ2v) is 9.41. The highest BCUT2D eigenvalue weighted by Crippen LogP contribution is 2.25. The normalized spacial score (nSPS) is 27.9. The quantitative estimate of drug-likeness (QED) is 0.793. The predicted molar refractivity (Wildman–Crippen MR) is 119 cm³/mol. The van der Waals surface area contributed by atoms with E-state index in [1.165, 1.54) is 55.7 Å². The van der Waals surface area contributed by atoms with Gasteiger partial charge in [-0.05, 0) is 50.3 Å². The highest BCUT2D eigenvalue weighted by Gasteiger charge is 2.33. The lowest BCUT2D eigenvalue weighted by atomic mass is 9.91. The van der Waals surface area contributed by atoms with Crippen LogP contribution in [0.2, 0.25) is 0 Å². The molecule has 4 heteroatoms. The van der Waals surface area contributed by atoms with E-state index in [1.807, 2.05) is 0 Å². The van der Waals surface area contributed by atoms with Crippen molar-refractivity contribution >= 4 is 11.6 Å². The van der Waals surface area contributed by atoms with Gasteiger partial charge in [0.2, 0.25) is 5.91 Å². The first-order valence-electron chi connectivity index (χ1n) is 11.7. The third kappa shape index (κ3) is 4.85. The summed E-state index contributed by atoms with van der Waals surface area (Å²) in [6.45, 7) is 11.7. The molecule has 2 saturated heterocycles. The van der Waals surface area contributed by atoms with Gasteiger partial charge in [-0.15, -0.1) is 0 Å². The standard InChI is InChI=1S/C25H37N3O/c1-20-7-6-10-24(21(20)2)27-15-17-28(18-16-27)25(29)23-11-13-26(14-12-23)19-22-8-4-3-5-9-22/h3-4,6-7,10,22-23H,5,8-9,11-19H2,1-2H3/p+1/t22-/m0/s1. The van der Waals surface area contributed by atoms with Crippen molar-refractivity contribution in [2.75, 3.05) is 50.7 Å². The van der Waals surface area contributed by atoms with Crippen molar-refractivity contribution in [3.63, 3.8) is 0 Å². The van der Waals surface area contributed by atoms with E-state index in [0.29, 0.717) is 5.91 Å². The molecule has 3 aliphatic rings. The minimum absolute atomic E-state index is 0.261. The Hall–Kier alpha value is -1.81. The van der Waals surface area contributed by atoms with Gasteiger partial charge in [-0.2, -0.15) is 0 Å². The molecular formula is C25H38N3O+. The molecule has 0 saturated carbocycles. The maximum absolute atomic E-state index is 13.1. The van der Waals surface area contributed by atoms with E-state index >= 15 is 0 Å². The summed E-state index contributed by atoms with van der Waals surface area (Å²) in [4.78, 5) is 19.4. The largest absolute Gasteiger partial charge is 0.368 e. The van der Waals surface area contributed by atoms with E-state index in [4.69, 9.17) is 0 Å². The number of anilines is 1. The maximum atomic E-state index is 13.1. The van der Waals surface area contributed by atoms with Crippen LogP contribution in [0.5, 0.6) is 0 Å². The first-order valence-corrected chi connectivity index (χ1v) is 11.7. The zero-order chi connectivity index (χ0) is 20.2. The number of amides is 1. The van der Waals surface area contributed by atoms with Crippen LogP contribution in [-0.4, -0.2) is 56.6 Å². The van der Waals surface area contributed by atoms with E-state index in [1.54, 1.807) is 4.90 Å². The first-order chi connectivity index (χ1) is 14.1. The Kier molecular flexibility index (Phi) is 6.59. The van der Waals surface area contributed by atoms with E-state index in [-0.39, 0.29) is 5.92 Å². The molecule has 0 aromatic heterocycles. The average Bonchev–Trinajstić information content (AvgIpc) is 2.77. The van der Waals surface area contributed by atoms with E-state index in [0.717, 1.165) is 44.9 Å². The van der Waals surface area contributed by atoms with Gasteiger partial charge in [0, 0.05) is 56.5 Å². The van der Waals surface area contributed by atoms with Crippen molar-refractivity contribution in [3.05, 3.63) is 41.5 Å². The van der Waals surface area contributed by atoms with Gasteiger partial charge in [0.15, 0.2) is 0 Å². The molecule has 0 bridgehead atoms. The van der Waals surface area contributed by atoms with Gasteiger partial charge in [0.05, 0.1) is 19.6 Å². The van der Waals surface area contributed by atoms with E-state index in [2.05, 4.69) is 54.0 Å². The summed E-state index contributed by atoms with van der Waals surface area (Å²) in [5, 5.41) is 0. The third-order valence-corrected chi connectivity index (χ3v) is 7.51. The number of quaternary nitrogens is 1. The number of carbonyl (C=O) groups excluding carboxylic acids is 1. The number of benzene rings is 1. The fraction of sp³-hybridized carbons (Fsp3) is 0.640. The van der Waals surface area contributed by atoms with Gasteiger partial charge < -0.3 is 14.7 Å². The number of allylic oxidation sites excluding steroid dienone is 2. The molecule has 4 rings (SSSR count). The highest BCUT2D eigenvalue weighted by molar-refractivity contribution is 5.79. The monoisotopic (exact) mass is 396 g/mol. The molecule has 1 N–H and O–H groups in total. The Balaban J connectivity index is 1.24. The molecule has 1 amide bonds.